The number of fused-ring (bicyclic) bond motifs is 1. The second-order valence-corrected chi connectivity index (χ2v) is 8.16. The minimum Gasteiger partial charge on any atom is -0.494 e. The van der Waals surface area contributed by atoms with Gasteiger partial charge in [0.15, 0.2) is 0 Å². The first kappa shape index (κ1) is 17.3. The van der Waals surface area contributed by atoms with Crippen molar-refractivity contribution in [2.24, 2.45) is 5.41 Å². The first-order valence-corrected chi connectivity index (χ1v) is 9.85. The van der Waals surface area contributed by atoms with Gasteiger partial charge in [0.1, 0.15) is 22.9 Å². The van der Waals surface area contributed by atoms with E-state index in [1.165, 1.54) is 31.4 Å². The van der Waals surface area contributed by atoms with Crippen LogP contribution < -0.4 is 10.1 Å². The molecule has 1 aliphatic heterocycles. The molecule has 1 saturated carbocycles. The topological polar surface area (TPSA) is 80.2 Å². The SMILES string of the molecule is COc1cc(-c2cnn(C3CC4(CCNCC4)C3)c2C)cn2ncc(C#N)c12. The van der Waals surface area contributed by atoms with E-state index in [9.17, 15) is 5.26 Å². The molecule has 1 N–H and O–H groups in total. The van der Waals surface area contributed by atoms with Crippen molar-refractivity contribution >= 4 is 5.52 Å². The smallest absolute Gasteiger partial charge is 0.146 e. The predicted molar refractivity (Wildman–Crippen MR) is 105 cm³/mol. The summed E-state index contributed by atoms with van der Waals surface area (Å²) in [4.78, 5) is 0. The van der Waals surface area contributed by atoms with Gasteiger partial charge in [-0.2, -0.15) is 15.5 Å². The van der Waals surface area contributed by atoms with Crippen molar-refractivity contribution in [2.75, 3.05) is 20.2 Å². The number of methoxy groups -OCH3 is 1. The molecule has 2 aliphatic rings. The van der Waals surface area contributed by atoms with Gasteiger partial charge in [0.2, 0.25) is 0 Å². The van der Waals surface area contributed by atoms with Gasteiger partial charge < -0.3 is 10.1 Å². The molecule has 1 saturated heterocycles. The molecule has 7 nitrogen and oxygen atoms in total. The maximum atomic E-state index is 9.30. The molecule has 0 radical (unpaired) electrons. The molecule has 7 heteroatoms. The highest BCUT2D eigenvalue weighted by molar-refractivity contribution is 5.75. The molecule has 3 aromatic heterocycles. The van der Waals surface area contributed by atoms with Crippen LogP contribution in [0.1, 0.15) is 43.0 Å². The molecule has 0 amide bonds. The van der Waals surface area contributed by atoms with Gasteiger partial charge in [0.25, 0.3) is 0 Å². The lowest BCUT2D eigenvalue weighted by atomic mass is 9.60. The highest BCUT2D eigenvalue weighted by Crippen LogP contribution is 2.54. The molecule has 0 unspecified atom stereocenters. The fourth-order valence-electron chi connectivity index (χ4n) is 5.02. The Morgan fingerprint density at radius 2 is 2.04 bits per heavy atom. The van der Waals surface area contributed by atoms with E-state index in [0.717, 1.165) is 24.2 Å². The van der Waals surface area contributed by atoms with E-state index < -0.39 is 0 Å². The van der Waals surface area contributed by atoms with Gasteiger partial charge in [0, 0.05) is 23.0 Å². The number of ether oxygens (including phenoxy) is 1. The minimum atomic E-state index is 0.493. The summed E-state index contributed by atoms with van der Waals surface area (Å²) < 4.78 is 9.46. The van der Waals surface area contributed by atoms with E-state index in [2.05, 4.69) is 28.1 Å². The average molecular weight is 376 g/mol. The molecule has 4 heterocycles. The van der Waals surface area contributed by atoms with E-state index in [-0.39, 0.29) is 0 Å². The highest BCUT2D eigenvalue weighted by atomic mass is 16.5. The van der Waals surface area contributed by atoms with Gasteiger partial charge in [0.05, 0.1) is 25.5 Å². The molecule has 2 fully saturated rings. The van der Waals surface area contributed by atoms with Gasteiger partial charge in [-0.05, 0) is 57.2 Å². The first-order valence-electron chi connectivity index (χ1n) is 9.85. The van der Waals surface area contributed by atoms with Crippen LogP contribution in [0, 0.1) is 23.7 Å². The Morgan fingerprint density at radius 3 is 2.75 bits per heavy atom. The number of aromatic nitrogens is 4. The number of pyridine rings is 1. The van der Waals surface area contributed by atoms with Crippen molar-refractivity contribution < 1.29 is 4.74 Å². The molecule has 1 spiro atoms. The van der Waals surface area contributed by atoms with Gasteiger partial charge >= 0.3 is 0 Å². The molecule has 28 heavy (non-hydrogen) atoms. The summed E-state index contributed by atoms with van der Waals surface area (Å²) in [6, 6.07) is 4.64. The predicted octanol–water partition coefficient (Wildman–Crippen LogP) is 3.09. The van der Waals surface area contributed by atoms with Crippen molar-refractivity contribution in [2.45, 2.75) is 38.6 Å². The zero-order chi connectivity index (χ0) is 19.3. The molecular formula is C21H24N6O. The number of nitrogens with zero attached hydrogens (tertiary/aromatic N) is 5. The Bertz CT molecular complexity index is 1070. The molecule has 0 bridgehead atoms. The Kier molecular flexibility index (Phi) is 3.91. The summed E-state index contributed by atoms with van der Waals surface area (Å²) in [5, 5.41) is 21.8. The molecule has 5 rings (SSSR count). The summed E-state index contributed by atoms with van der Waals surface area (Å²) in [5.74, 6) is 0.649. The quantitative estimate of drug-likeness (QED) is 0.760. The largest absolute Gasteiger partial charge is 0.494 e. The summed E-state index contributed by atoms with van der Waals surface area (Å²) >= 11 is 0. The van der Waals surface area contributed by atoms with Crippen molar-refractivity contribution in [3.8, 4) is 22.9 Å². The molecule has 1 aliphatic carbocycles. The zero-order valence-corrected chi connectivity index (χ0v) is 16.3. The van der Waals surface area contributed by atoms with Crippen molar-refractivity contribution in [1.82, 2.24) is 24.7 Å². The fraction of sp³-hybridized carbons (Fsp3) is 0.476. The van der Waals surface area contributed by atoms with Crippen LogP contribution in [0.25, 0.3) is 16.6 Å². The van der Waals surface area contributed by atoms with Gasteiger partial charge in [-0.1, -0.05) is 0 Å². The van der Waals surface area contributed by atoms with E-state index in [1.54, 1.807) is 17.8 Å². The van der Waals surface area contributed by atoms with Crippen LogP contribution in [0.3, 0.4) is 0 Å². The lowest BCUT2D eigenvalue weighted by Gasteiger charge is -2.50. The minimum absolute atomic E-state index is 0.493. The summed E-state index contributed by atoms with van der Waals surface area (Å²) in [6.07, 6.45) is 10.5. The number of hydrogen-bond acceptors (Lipinski definition) is 5. The van der Waals surface area contributed by atoms with Crippen LogP contribution >= 0.6 is 0 Å². The summed E-state index contributed by atoms with van der Waals surface area (Å²) in [5.41, 5.74) is 4.99. The Balaban J connectivity index is 1.47. The zero-order valence-electron chi connectivity index (χ0n) is 16.3. The van der Waals surface area contributed by atoms with E-state index >= 15 is 0 Å². The van der Waals surface area contributed by atoms with Crippen molar-refractivity contribution in [3.63, 3.8) is 0 Å². The second kappa shape index (κ2) is 6.35. The van der Waals surface area contributed by atoms with Crippen molar-refractivity contribution in [1.29, 1.82) is 5.26 Å². The van der Waals surface area contributed by atoms with Crippen LogP contribution in [0.4, 0.5) is 0 Å². The Hall–Kier alpha value is -2.85. The summed E-state index contributed by atoms with van der Waals surface area (Å²) in [7, 11) is 1.62. The second-order valence-electron chi connectivity index (χ2n) is 8.16. The Labute approximate surface area is 163 Å². The van der Waals surface area contributed by atoms with Crippen molar-refractivity contribution in [3.05, 3.63) is 35.9 Å². The van der Waals surface area contributed by atoms with E-state index in [1.807, 2.05) is 18.5 Å². The van der Waals surface area contributed by atoms with E-state index in [4.69, 9.17) is 9.84 Å². The lowest BCUT2D eigenvalue weighted by Crippen LogP contribution is -2.46. The standard InChI is InChI=1S/C21H24N6O/c1-14-18(12-25-27(14)17-8-21(9-17)3-5-23-6-4-21)15-7-19(28-2)20-16(10-22)11-24-26(20)13-15/h7,11-13,17,23H,3-6,8-9H2,1-2H3. The molecular weight excluding hydrogens is 352 g/mol. The third-order valence-electron chi connectivity index (χ3n) is 6.62. The first-order chi connectivity index (χ1) is 13.6. The normalized spacial score (nSPS) is 18.9. The average Bonchev–Trinajstić information content (AvgIpc) is 3.29. The number of rotatable bonds is 3. The maximum Gasteiger partial charge on any atom is 0.146 e. The molecule has 0 aromatic carbocycles. The van der Waals surface area contributed by atoms with Crippen LogP contribution in [0.2, 0.25) is 0 Å². The number of nitrogens with one attached hydrogen (secondary N) is 1. The van der Waals surface area contributed by atoms with Gasteiger partial charge in [-0.25, -0.2) is 4.52 Å². The van der Waals surface area contributed by atoms with Crippen LogP contribution in [0.15, 0.2) is 24.7 Å². The highest BCUT2D eigenvalue weighted by Gasteiger charge is 2.46. The Morgan fingerprint density at radius 1 is 1.25 bits per heavy atom. The maximum absolute atomic E-state index is 9.30. The number of nitriles is 1. The molecule has 3 aromatic rings. The molecule has 144 valence electrons. The number of hydrogen-bond donors (Lipinski definition) is 1. The van der Waals surface area contributed by atoms with Gasteiger partial charge in [-0.3, -0.25) is 4.68 Å². The van der Waals surface area contributed by atoms with Crippen LogP contribution in [-0.4, -0.2) is 39.6 Å². The fourth-order valence-corrected chi connectivity index (χ4v) is 5.02. The lowest BCUT2D eigenvalue weighted by molar-refractivity contribution is 0.0221. The molecule has 0 atom stereocenters. The number of piperidine rings is 1. The van der Waals surface area contributed by atoms with Crippen LogP contribution in [-0.2, 0) is 0 Å². The van der Waals surface area contributed by atoms with E-state index in [0.29, 0.717) is 28.3 Å². The third kappa shape index (κ3) is 2.52. The van der Waals surface area contributed by atoms with Gasteiger partial charge in [-0.15, -0.1) is 0 Å². The van der Waals surface area contributed by atoms with Crippen LogP contribution in [0.5, 0.6) is 5.75 Å². The summed E-state index contributed by atoms with van der Waals surface area (Å²) in [6.45, 7) is 4.42. The third-order valence-corrected chi connectivity index (χ3v) is 6.62. The monoisotopic (exact) mass is 376 g/mol.